The van der Waals surface area contributed by atoms with E-state index < -0.39 is 24.6 Å². The van der Waals surface area contributed by atoms with Crippen molar-refractivity contribution < 1.29 is 41.2 Å². The van der Waals surface area contributed by atoms with Crippen LogP contribution in [0.15, 0.2) is 36.5 Å². The number of fused-ring (bicyclic) bond motifs is 2. The van der Waals surface area contributed by atoms with Gasteiger partial charge in [0.05, 0.1) is 30.7 Å². The van der Waals surface area contributed by atoms with Gasteiger partial charge in [0.1, 0.15) is 29.4 Å². The zero-order valence-corrected chi connectivity index (χ0v) is 27.4. The van der Waals surface area contributed by atoms with Crippen molar-refractivity contribution in [1.82, 2.24) is 19.9 Å². The van der Waals surface area contributed by atoms with Crippen LogP contribution in [0.1, 0.15) is 45.1 Å². The van der Waals surface area contributed by atoms with Crippen LogP contribution in [-0.4, -0.2) is 99.4 Å². The first-order valence-corrected chi connectivity index (χ1v) is 16.5. The lowest BCUT2D eigenvalue weighted by molar-refractivity contribution is -0.465. The lowest BCUT2D eigenvalue weighted by Gasteiger charge is -2.36. The van der Waals surface area contributed by atoms with Crippen molar-refractivity contribution >= 4 is 39.6 Å². The first-order chi connectivity index (χ1) is 23.5. The largest absolute Gasteiger partial charge is 0.521 e. The maximum absolute atomic E-state index is 16.9. The van der Waals surface area contributed by atoms with E-state index in [1.807, 2.05) is 6.07 Å². The van der Waals surface area contributed by atoms with Gasteiger partial charge in [-0.15, -0.1) is 0 Å². The Morgan fingerprint density at radius 2 is 1.98 bits per heavy atom. The number of halogens is 5. The van der Waals surface area contributed by atoms with Gasteiger partial charge >= 0.3 is 18.1 Å². The van der Waals surface area contributed by atoms with Gasteiger partial charge in [-0.1, -0.05) is 32.0 Å². The SMILES string of the molecule is CCN1CCCC1(CC)COc1nc(N2CC=[N+](C(=O)C(F)(F)F)CC2)c2cnc(-c3cc(O)cc4cccc(CCCF)c34)c(F)c2n1. The van der Waals surface area contributed by atoms with Crippen LogP contribution in [0.2, 0.25) is 0 Å². The maximum atomic E-state index is 16.9. The molecule has 1 amide bonds. The topological polar surface area (TPSA) is 94.7 Å². The summed E-state index contributed by atoms with van der Waals surface area (Å²) in [6.45, 7) is 5.22. The van der Waals surface area contributed by atoms with Crippen LogP contribution in [0.25, 0.3) is 32.9 Å². The summed E-state index contributed by atoms with van der Waals surface area (Å²) < 4.78 is 76.3. The van der Waals surface area contributed by atoms with Crippen molar-refractivity contribution in [2.24, 2.45) is 0 Å². The maximum Gasteiger partial charge on any atom is 0.521 e. The van der Waals surface area contributed by atoms with Crippen molar-refractivity contribution in [3.8, 4) is 23.0 Å². The fourth-order valence-electron chi connectivity index (χ4n) is 7.16. The molecule has 14 heteroatoms. The minimum absolute atomic E-state index is 0.0229. The zero-order valence-electron chi connectivity index (χ0n) is 27.4. The average molecular weight is 686 g/mol. The number of aromatic hydroxyl groups is 1. The third-order valence-corrected chi connectivity index (χ3v) is 9.71. The van der Waals surface area contributed by atoms with Gasteiger partial charge in [-0.05, 0) is 73.7 Å². The monoisotopic (exact) mass is 685 g/mol. The Labute approximate surface area is 280 Å². The Balaban J connectivity index is 1.48. The molecule has 0 spiro atoms. The number of carbonyl (C=O) groups excluding carboxylic acids is 1. The number of amides is 1. The van der Waals surface area contributed by atoms with E-state index >= 15 is 4.39 Å². The van der Waals surface area contributed by atoms with E-state index in [-0.39, 0.29) is 72.4 Å². The van der Waals surface area contributed by atoms with E-state index in [9.17, 15) is 27.5 Å². The molecule has 6 rings (SSSR count). The number of rotatable bonds is 10. The highest BCUT2D eigenvalue weighted by molar-refractivity contribution is 6.01. The van der Waals surface area contributed by atoms with Crippen molar-refractivity contribution in [2.45, 2.75) is 57.7 Å². The molecular weight excluding hydrogens is 647 g/mol. The Kier molecular flexibility index (Phi) is 9.70. The van der Waals surface area contributed by atoms with Gasteiger partial charge in [0.25, 0.3) is 0 Å². The summed E-state index contributed by atoms with van der Waals surface area (Å²) in [6.07, 6.45) is 0.866. The second-order valence-corrected chi connectivity index (χ2v) is 12.5. The molecule has 4 aromatic rings. The number of ether oxygens (including phenoxy) is 1. The summed E-state index contributed by atoms with van der Waals surface area (Å²) in [4.78, 5) is 29.4. The molecule has 1 unspecified atom stereocenters. The number of anilines is 1. The summed E-state index contributed by atoms with van der Waals surface area (Å²) in [6, 6.07) is 8.25. The Morgan fingerprint density at radius 3 is 2.67 bits per heavy atom. The zero-order chi connectivity index (χ0) is 34.9. The van der Waals surface area contributed by atoms with Gasteiger partial charge < -0.3 is 14.7 Å². The number of aromatic nitrogens is 3. The number of carbonyl (C=O) groups is 1. The molecule has 1 saturated heterocycles. The second kappa shape index (κ2) is 13.8. The second-order valence-electron chi connectivity index (χ2n) is 12.5. The molecule has 49 heavy (non-hydrogen) atoms. The molecule has 1 fully saturated rings. The number of phenolic OH excluding ortho intramolecular Hbond substituents is 1. The van der Waals surface area contributed by atoms with Crippen LogP contribution < -0.4 is 9.64 Å². The van der Waals surface area contributed by atoms with E-state index in [1.165, 1.54) is 12.3 Å². The molecule has 0 aliphatic carbocycles. The number of pyridine rings is 1. The number of likely N-dealkylation sites (N-methyl/N-ethyl adjacent to an activating group) is 1. The molecule has 2 aliphatic heterocycles. The standard InChI is InChI=1S/C35H37F5N6O3/c1-3-34(11-7-13-46(34)4-2)21-49-33-42-30-26(31(43-33)44-14-16-45(17-15-44)32(48)35(38,39)40)20-41-29(28(30)37)25-19-24(47)18-23-9-5-8-22(27(23)25)10-6-12-36/h5,8-9,16,18-20H,3-4,6-7,10-15,17,21H2,1-2H3/p+1. The Hall–Kier alpha value is -4.46. The number of phenols is 1. The highest BCUT2D eigenvalue weighted by Gasteiger charge is 2.49. The summed E-state index contributed by atoms with van der Waals surface area (Å²) in [5, 5.41) is 12.1. The predicted octanol–water partition coefficient (Wildman–Crippen LogP) is 6.23. The minimum Gasteiger partial charge on any atom is -0.508 e. The molecule has 2 aromatic carbocycles. The molecule has 0 saturated carbocycles. The first kappa shape index (κ1) is 34.4. The van der Waals surface area contributed by atoms with Crippen LogP contribution in [0.5, 0.6) is 11.8 Å². The van der Waals surface area contributed by atoms with Gasteiger partial charge in [0, 0.05) is 11.8 Å². The lowest BCUT2D eigenvalue weighted by atomic mass is 9.94. The lowest BCUT2D eigenvalue weighted by Crippen LogP contribution is -2.48. The average Bonchev–Trinajstić information content (AvgIpc) is 3.52. The van der Waals surface area contributed by atoms with Crippen LogP contribution >= 0.6 is 0 Å². The van der Waals surface area contributed by atoms with E-state index in [0.29, 0.717) is 27.3 Å². The van der Waals surface area contributed by atoms with E-state index in [1.54, 1.807) is 23.1 Å². The summed E-state index contributed by atoms with van der Waals surface area (Å²) in [5.41, 5.74) is 0.585. The third kappa shape index (κ3) is 6.62. The first-order valence-electron chi connectivity index (χ1n) is 16.5. The van der Waals surface area contributed by atoms with Gasteiger partial charge in [0.2, 0.25) is 0 Å². The van der Waals surface area contributed by atoms with Crippen molar-refractivity contribution in [1.29, 1.82) is 0 Å². The van der Waals surface area contributed by atoms with Crippen LogP contribution in [0.4, 0.5) is 27.8 Å². The van der Waals surface area contributed by atoms with Crippen molar-refractivity contribution in [3.63, 3.8) is 0 Å². The number of hydrogen-bond donors (Lipinski definition) is 1. The predicted molar refractivity (Wildman–Crippen MR) is 176 cm³/mol. The molecule has 9 nitrogen and oxygen atoms in total. The van der Waals surface area contributed by atoms with Crippen molar-refractivity contribution in [2.75, 3.05) is 50.9 Å². The van der Waals surface area contributed by atoms with Crippen LogP contribution in [-0.2, 0) is 11.2 Å². The molecule has 1 N–H and O–H groups in total. The molecule has 2 aliphatic rings. The third-order valence-electron chi connectivity index (χ3n) is 9.71. The molecule has 260 valence electrons. The van der Waals surface area contributed by atoms with Gasteiger partial charge in [0.15, 0.2) is 18.6 Å². The molecule has 0 bridgehead atoms. The van der Waals surface area contributed by atoms with E-state index in [0.717, 1.165) is 44.1 Å². The number of likely N-dealkylation sites (tertiary alicyclic amines) is 1. The molecule has 4 heterocycles. The van der Waals surface area contributed by atoms with E-state index in [2.05, 4.69) is 33.7 Å². The molecule has 2 aromatic heterocycles. The van der Waals surface area contributed by atoms with Crippen molar-refractivity contribution in [3.05, 3.63) is 47.9 Å². The molecule has 1 atom stereocenters. The number of nitrogens with zero attached hydrogens (tertiary/aromatic N) is 6. The number of aryl methyl sites for hydroxylation is 1. The Bertz CT molecular complexity index is 1920. The fraction of sp³-hybridized carbons (Fsp3) is 0.457. The fourth-order valence-corrected chi connectivity index (χ4v) is 7.16. The minimum atomic E-state index is -5.02. The number of alkyl halides is 4. The smallest absolute Gasteiger partial charge is 0.508 e. The van der Waals surface area contributed by atoms with Gasteiger partial charge in [-0.3, -0.25) is 14.3 Å². The van der Waals surface area contributed by atoms with Crippen LogP contribution in [0.3, 0.4) is 0 Å². The normalized spacial score (nSPS) is 18.8. The number of benzene rings is 2. The quantitative estimate of drug-likeness (QED) is 0.155. The van der Waals surface area contributed by atoms with Crippen LogP contribution in [0, 0.1) is 5.82 Å². The number of hydrogen-bond acceptors (Lipinski definition) is 8. The van der Waals surface area contributed by atoms with E-state index in [4.69, 9.17) is 4.74 Å². The molecular formula is C35H38F5N6O3+. The Morgan fingerprint density at radius 1 is 1.16 bits per heavy atom. The summed E-state index contributed by atoms with van der Waals surface area (Å²) in [5.74, 6) is -2.69. The van der Waals surface area contributed by atoms with Gasteiger partial charge in [-0.25, -0.2) is 9.18 Å². The highest BCUT2D eigenvalue weighted by Crippen LogP contribution is 2.39. The van der Waals surface area contributed by atoms with Gasteiger partial charge in [-0.2, -0.15) is 27.7 Å². The summed E-state index contributed by atoms with van der Waals surface area (Å²) in [7, 11) is 0. The molecule has 0 radical (unpaired) electrons. The highest BCUT2D eigenvalue weighted by atomic mass is 19.4. The summed E-state index contributed by atoms with van der Waals surface area (Å²) >= 11 is 0.